The van der Waals surface area contributed by atoms with Crippen LogP contribution in [0.1, 0.15) is 10.4 Å². The van der Waals surface area contributed by atoms with Crippen LogP contribution in [0.5, 0.6) is 0 Å². The summed E-state index contributed by atoms with van der Waals surface area (Å²) in [6.45, 7) is 4.90. The highest BCUT2D eigenvalue weighted by molar-refractivity contribution is 7.89. The fourth-order valence-corrected chi connectivity index (χ4v) is 3.90. The maximum atomic E-state index is 12.8. The van der Waals surface area contributed by atoms with E-state index in [1.54, 1.807) is 12.1 Å². The average Bonchev–Trinajstić information content (AvgIpc) is 2.60. The minimum atomic E-state index is -3.61. The van der Waals surface area contributed by atoms with Crippen molar-refractivity contribution in [3.63, 3.8) is 0 Å². The van der Waals surface area contributed by atoms with Gasteiger partial charge in [-0.1, -0.05) is 0 Å². The first-order valence-corrected chi connectivity index (χ1v) is 10.2. The Morgan fingerprint density at radius 3 is 2.58 bits per heavy atom. The molecule has 0 aliphatic carbocycles. The maximum absolute atomic E-state index is 12.8. The molecule has 2 N–H and O–H groups in total. The van der Waals surface area contributed by atoms with Crippen molar-refractivity contribution < 1.29 is 17.9 Å². The van der Waals surface area contributed by atoms with E-state index in [1.165, 1.54) is 20.2 Å². The number of benzene rings is 1. The largest absolute Gasteiger partial charge is 0.378 e. The third-order valence-corrected chi connectivity index (χ3v) is 6.57. The van der Waals surface area contributed by atoms with E-state index in [9.17, 15) is 13.2 Å². The lowest BCUT2D eigenvalue weighted by Crippen LogP contribution is -2.48. The van der Waals surface area contributed by atoms with E-state index in [-0.39, 0.29) is 10.8 Å². The first kappa shape index (κ1) is 19.1. The number of nitrogens with zero attached hydrogens (tertiary/aromatic N) is 2. The molecule has 0 spiro atoms. The normalized spacial score (nSPS) is 18.7. The topological polar surface area (TPSA) is 91.0 Å². The van der Waals surface area contributed by atoms with Crippen LogP contribution in [0.4, 0.5) is 5.69 Å². The monoisotopic (exact) mass is 382 g/mol. The van der Waals surface area contributed by atoms with Gasteiger partial charge in [-0.3, -0.25) is 4.79 Å². The van der Waals surface area contributed by atoms with Crippen molar-refractivity contribution in [3.8, 4) is 0 Å². The molecule has 144 valence electrons. The molecule has 8 nitrogen and oxygen atoms in total. The number of sulfonamides is 1. The molecule has 1 amide bonds. The molecule has 2 aliphatic heterocycles. The highest BCUT2D eigenvalue weighted by atomic mass is 32.2. The minimum Gasteiger partial charge on any atom is -0.378 e. The van der Waals surface area contributed by atoms with Gasteiger partial charge in [-0.25, -0.2) is 12.7 Å². The zero-order chi connectivity index (χ0) is 18.7. The van der Waals surface area contributed by atoms with Crippen LogP contribution >= 0.6 is 0 Å². The quantitative estimate of drug-likeness (QED) is 0.703. The number of morpholine rings is 1. The smallest absolute Gasteiger partial charge is 0.253 e. The number of carbonyl (C=O) groups excluding carboxylic acids is 1. The first-order valence-electron chi connectivity index (χ1n) is 8.78. The molecule has 0 unspecified atom stereocenters. The molecule has 1 aromatic rings. The molecular formula is C17H26N4O4S. The first-order chi connectivity index (χ1) is 12.4. The number of amides is 1. The van der Waals surface area contributed by atoms with Crippen LogP contribution in [0.3, 0.4) is 0 Å². The number of anilines is 1. The lowest BCUT2D eigenvalue weighted by Gasteiger charge is -2.31. The van der Waals surface area contributed by atoms with Crippen LogP contribution < -0.4 is 15.5 Å². The summed E-state index contributed by atoms with van der Waals surface area (Å²) in [5.74, 6) is 0.189. The number of hydrogen-bond acceptors (Lipinski definition) is 6. The molecule has 0 atom stereocenters. The Balaban J connectivity index is 1.91. The molecular weight excluding hydrogens is 356 g/mol. The molecule has 3 rings (SSSR count). The summed E-state index contributed by atoms with van der Waals surface area (Å²) >= 11 is 0. The lowest BCUT2D eigenvalue weighted by molar-refractivity contribution is 0.0940. The molecule has 2 fully saturated rings. The molecule has 0 aromatic heterocycles. The molecule has 0 saturated carbocycles. The highest BCUT2D eigenvalue weighted by Crippen LogP contribution is 2.26. The van der Waals surface area contributed by atoms with Crippen molar-refractivity contribution in [1.29, 1.82) is 0 Å². The van der Waals surface area contributed by atoms with Gasteiger partial charge in [-0.05, 0) is 18.2 Å². The average molecular weight is 382 g/mol. The van der Waals surface area contributed by atoms with Gasteiger partial charge in [0.05, 0.1) is 23.7 Å². The standard InChI is InChI=1S/C17H26N4O4S/c1-20(2)26(23,24)14-3-4-16(21-5-7-25-8-6-21)15(9-14)17(22)19-12-13-10-18-11-13/h3-4,9,13,18H,5-8,10-12H2,1-2H3,(H,19,22). The van der Waals surface area contributed by atoms with Crippen LogP contribution in [0.15, 0.2) is 23.1 Å². The Bertz CT molecular complexity index is 756. The van der Waals surface area contributed by atoms with E-state index in [1.807, 2.05) is 0 Å². The van der Waals surface area contributed by atoms with E-state index < -0.39 is 10.0 Å². The number of carbonyl (C=O) groups is 1. The van der Waals surface area contributed by atoms with E-state index in [2.05, 4.69) is 15.5 Å². The third-order valence-electron chi connectivity index (χ3n) is 4.76. The Labute approximate surface area is 154 Å². The van der Waals surface area contributed by atoms with Gasteiger partial charge in [-0.2, -0.15) is 0 Å². The van der Waals surface area contributed by atoms with E-state index >= 15 is 0 Å². The summed E-state index contributed by atoms with van der Waals surface area (Å²) in [7, 11) is -0.644. The van der Waals surface area contributed by atoms with E-state index in [0.717, 1.165) is 23.1 Å². The second-order valence-electron chi connectivity index (χ2n) is 6.80. The molecule has 9 heteroatoms. The predicted molar refractivity (Wildman–Crippen MR) is 99.0 cm³/mol. The van der Waals surface area contributed by atoms with Gasteiger partial charge >= 0.3 is 0 Å². The van der Waals surface area contributed by atoms with Crippen LogP contribution in [0, 0.1) is 5.92 Å². The van der Waals surface area contributed by atoms with Gasteiger partial charge in [-0.15, -0.1) is 0 Å². The van der Waals surface area contributed by atoms with Gasteiger partial charge in [0.25, 0.3) is 5.91 Å². The third kappa shape index (κ3) is 4.01. The fraction of sp³-hybridized carbons (Fsp3) is 0.588. The fourth-order valence-electron chi connectivity index (χ4n) is 2.97. The number of rotatable bonds is 6. The van der Waals surface area contributed by atoms with Gasteiger partial charge in [0.15, 0.2) is 0 Å². The van der Waals surface area contributed by atoms with Crippen molar-refractivity contribution in [2.45, 2.75) is 4.90 Å². The summed E-state index contributed by atoms with van der Waals surface area (Å²) in [4.78, 5) is 15.0. The molecule has 0 bridgehead atoms. The van der Waals surface area contributed by atoms with Crippen molar-refractivity contribution in [2.75, 3.05) is 64.9 Å². The van der Waals surface area contributed by atoms with Crippen LogP contribution in [-0.4, -0.2) is 78.7 Å². The van der Waals surface area contributed by atoms with Gasteiger partial charge in [0, 0.05) is 58.4 Å². The van der Waals surface area contributed by atoms with Crippen molar-refractivity contribution >= 4 is 21.6 Å². The Morgan fingerprint density at radius 1 is 1.31 bits per heavy atom. The Hall–Kier alpha value is -1.68. The molecule has 2 heterocycles. The van der Waals surface area contributed by atoms with E-state index in [4.69, 9.17) is 4.74 Å². The number of ether oxygens (including phenoxy) is 1. The predicted octanol–water partition coefficient (Wildman–Crippen LogP) is -0.277. The number of hydrogen-bond donors (Lipinski definition) is 2. The zero-order valence-electron chi connectivity index (χ0n) is 15.2. The molecule has 2 aliphatic rings. The highest BCUT2D eigenvalue weighted by Gasteiger charge is 2.25. The van der Waals surface area contributed by atoms with Crippen LogP contribution in [0.25, 0.3) is 0 Å². The summed E-state index contributed by atoms with van der Waals surface area (Å²) in [6, 6.07) is 4.77. The van der Waals surface area contributed by atoms with Gasteiger partial charge < -0.3 is 20.3 Å². The second kappa shape index (κ2) is 7.91. The maximum Gasteiger partial charge on any atom is 0.253 e. The zero-order valence-corrected chi connectivity index (χ0v) is 16.0. The lowest BCUT2D eigenvalue weighted by atomic mass is 10.0. The van der Waals surface area contributed by atoms with Crippen molar-refractivity contribution in [2.24, 2.45) is 5.92 Å². The second-order valence-corrected chi connectivity index (χ2v) is 8.95. The molecule has 26 heavy (non-hydrogen) atoms. The van der Waals surface area contributed by atoms with Gasteiger partial charge in [0.2, 0.25) is 10.0 Å². The SMILES string of the molecule is CN(C)S(=O)(=O)c1ccc(N2CCOCC2)c(C(=O)NCC2CNC2)c1. The van der Waals surface area contributed by atoms with Crippen molar-refractivity contribution in [3.05, 3.63) is 23.8 Å². The van der Waals surface area contributed by atoms with Crippen molar-refractivity contribution in [1.82, 2.24) is 14.9 Å². The molecule has 0 radical (unpaired) electrons. The summed E-state index contributed by atoms with van der Waals surface area (Å²) in [5.41, 5.74) is 1.14. The Kier molecular flexibility index (Phi) is 5.81. The van der Waals surface area contributed by atoms with Gasteiger partial charge in [0.1, 0.15) is 0 Å². The van der Waals surface area contributed by atoms with E-state index in [0.29, 0.717) is 44.3 Å². The summed E-state index contributed by atoms with van der Waals surface area (Å²) < 4.78 is 31.5. The summed E-state index contributed by atoms with van der Waals surface area (Å²) in [5, 5.41) is 6.11. The summed E-state index contributed by atoms with van der Waals surface area (Å²) in [6.07, 6.45) is 0. The Morgan fingerprint density at radius 2 is 2.00 bits per heavy atom. The molecule has 2 saturated heterocycles. The molecule has 1 aromatic carbocycles. The van der Waals surface area contributed by atoms with Crippen LogP contribution in [-0.2, 0) is 14.8 Å². The minimum absolute atomic E-state index is 0.120. The number of nitrogens with one attached hydrogen (secondary N) is 2. The van der Waals surface area contributed by atoms with Crippen LogP contribution in [0.2, 0.25) is 0 Å².